The minimum Gasteiger partial charge on any atom is -0.485 e. The SMILES string of the molecule is Cc1ccccc1OCc1nnc(SCC(=O)Nc2sccc2C#N)n1C. The van der Waals surface area contributed by atoms with E-state index in [0.717, 1.165) is 11.3 Å². The maximum atomic E-state index is 12.1. The number of hydrogen-bond donors (Lipinski definition) is 1. The Kier molecular flexibility index (Phi) is 6.11. The van der Waals surface area contributed by atoms with Gasteiger partial charge in [-0.25, -0.2) is 0 Å². The monoisotopic (exact) mass is 399 g/mol. The Morgan fingerprint density at radius 3 is 2.96 bits per heavy atom. The van der Waals surface area contributed by atoms with E-state index in [1.54, 1.807) is 11.4 Å². The van der Waals surface area contributed by atoms with E-state index >= 15 is 0 Å². The minimum atomic E-state index is -0.195. The van der Waals surface area contributed by atoms with Gasteiger partial charge in [0.05, 0.1) is 11.3 Å². The summed E-state index contributed by atoms with van der Waals surface area (Å²) in [4.78, 5) is 12.1. The van der Waals surface area contributed by atoms with Crippen LogP contribution in [-0.4, -0.2) is 26.4 Å². The van der Waals surface area contributed by atoms with Gasteiger partial charge in [-0.3, -0.25) is 4.79 Å². The molecule has 1 N–H and O–H groups in total. The second kappa shape index (κ2) is 8.70. The van der Waals surface area contributed by atoms with E-state index in [1.165, 1.54) is 23.1 Å². The molecule has 1 amide bonds. The van der Waals surface area contributed by atoms with E-state index in [-0.39, 0.29) is 11.7 Å². The first-order valence-corrected chi connectivity index (χ1v) is 9.92. The third kappa shape index (κ3) is 4.67. The Morgan fingerprint density at radius 2 is 2.19 bits per heavy atom. The lowest BCUT2D eigenvalue weighted by atomic mass is 10.2. The molecular weight excluding hydrogens is 382 g/mol. The van der Waals surface area contributed by atoms with Crippen LogP contribution >= 0.6 is 23.1 Å². The molecular formula is C18H17N5O2S2. The van der Waals surface area contributed by atoms with Crippen LogP contribution in [0.4, 0.5) is 5.00 Å². The zero-order chi connectivity index (χ0) is 19.2. The lowest BCUT2D eigenvalue weighted by molar-refractivity contribution is -0.113. The van der Waals surface area contributed by atoms with E-state index in [2.05, 4.69) is 15.5 Å². The van der Waals surface area contributed by atoms with E-state index in [1.807, 2.05) is 48.9 Å². The van der Waals surface area contributed by atoms with E-state index in [0.29, 0.717) is 28.2 Å². The van der Waals surface area contributed by atoms with Crippen molar-refractivity contribution in [3.63, 3.8) is 0 Å². The van der Waals surface area contributed by atoms with Gasteiger partial charge in [0, 0.05) is 7.05 Å². The normalized spacial score (nSPS) is 10.4. The molecule has 0 aliphatic carbocycles. The van der Waals surface area contributed by atoms with Gasteiger partial charge >= 0.3 is 0 Å². The standard InChI is InChI=1S/C18H17N5O2S2/c1-12-5-3-4-6-14(12)25-10-15-21-22-18(23(15)2)27-11-16(24)20-17-13(9-19)7-8-26-17/h3-8H,10-11H2,1-2H3,(H,20,24). The highest BCUT2D eigenvalue weighted by molar-refractivity contribution is 7.99. The number of rotatable bonds is 7. The van der Waals surface area contributed by atoms with Crippen LogP contribution in [0.5, 0.6) is 5.75 Å². The maximum absolute atomic E-state index is 12.1. The third-order valence-corrected chi connectivity index (χ3v) is 5.60. The van der Waals surface area contributed by atoms with Crippen LogP contribution in [0.1, 0.15) is 17.0 Å². The van der Waals surface area contributed by atoms with Gasteiger partial charge in [0.1, 0.15) is 23.4 Å². The summed E-state index contributed by atoms with van der Waals surface area (Å²) in [5.74, 6) is 1.46. The number of hydrogen-bond acceptors (Lipinski definition) is 7. The molecule has 0 spiro atoms. The fourth-order valence-corrected chi connectivity index (χ4v) is 3.73. The van der Waals surface area contributed by atoms with Crippen molar-refractivity contribution in [1.29, 1.82) is 5.26 Å². The quantitative estimate of drug-likeness (QED) is 0.612. The van der Waals surface area contributed by atoms with Crippen LogP contribution in [0.25, 0.3) is 0 Å². The van der Waals surface area contributed by atoms with Gasteiger partial charge < -0.3 is 14.6 Å². The number of benzene rings is 1. The zero-order valence-corrected chi connectivity index (χ0v) is 16.4. The number of nitrogens with one attached hydrogen (secondary N) is 1. The molecule has 7 nitrogen and oxygen atoms in total. The second-order valence-electron chi connectivity index (χ2n) is 5.62. The topological polar surface area (TPSA) is 92.8 Å². The average molecular weight is 400 g/mol. The number of nitrogens with zero attached hydrogens (tertiary/aromatic N) is 4. The molecule has 0 radical (unpaired) electrons. The number of ether oxygens (including phenoxy) is 1. The van der Waals surface area contributed by atoms with Crippen LogP contribution in [0.15, 0.2) is 40.9 Å². The van der Waals surface area contributed by atoms with Crippen molar-refractivity contribution < 1.29 is 9.53 Å². The average Bonchev–Trinajstić information content (AvgIpc) is 3.25. The Morgan fingerprint density at radius 1 is 1.37 bits per heavy atom. The maximum Gasteiger partial charge on any atom is 0.235 e. The molecule has 0 aliphatic rings. The highest BCUT2D eigenvalue weighted by Gasteiger charge is 2.14. The Hall–Kier alpha value is -2.83. The largest absolute Gasteiger partial charge is 0.485 e. The number of amides is 1. The summed E-state index contributed by atoms with van der Waals surface area (Å²) in [6, 6.07) is 11.5. The van der Waals surface area contributed by atoms with Crippen molar-refractivity contribution in [2.75, 3.05) is 11.1 Å². The fraction of sp³-hybridized carbons (Fsp3) is 0.222. The first-order chi connectivity index (χ1) is 13.1. The zero-order valence-electron chi connectivity index (χ0n) is 14.8. The lowest BCUT2D eigenvalue weighted by Gasteiger charge is -2.08. The van der Waals surface area contributed by atoms with Crippen molar-refractivity contribution in [2.45, 2.75) is 18.7 Å². The number of anilines is 1. The molecule has 3 rings (SSSR count). The predicted molar refractivity (Wildman–Crippen MR) is 105 cm³/mol. The highest BCUT2D eigenvalue weighted by Crippen LogP contribution is 2.23. The Balaban J connectivity index is 1.55. The van der Waals surface area contributed by atoms with Gasteiger partial charge in [-0.15, -0.1) is 21.5 Å². The Labute approximate surface area is 165 Å². The van der Waals surface area contributed by atoms with Gasteiger partial charge in [-0.2, -0.15) is 5.26 Å². The summed E-state index contributed by atoms with van der Waals surface area (Å²) in [5, 5.41) is 22.9. The van der Waals surface area contributed by atoms with Gasteiger partial charge in [0.15, 0.2) is 11.0 Å². The van der Waals surface area contributed by atoms with Gasteiger partial charge in [0.25, 0.3) is 0 Å². The van der Waals surface area contributed by atoms with E-state index in [4.69, 9.17) is 10.00 Å². The van der Waals surface area contributed by atoms with E-state index in [9.17, 15) is 4.79 Å². The summed E-state index contributed by atoms with van der Waals surface area (Å²) in [6.07, 6.45) is 0. The molecule has 9 heteroatoms. The second-order valence-corrected chi connectivity index (χ2v) is 7.48. The van der Waals surface area contributed by atoms with Crippen LogP contribution in [0.3, 0.4) is 0 Å². The number of nitriles is 1. The number of aryl methyl sites for hydroxylation is 1. The van der Waals surface area contributed by atoms with Crippen molar-refractivity contribution in [2.24, 2.45) is 7.05 Å². The molecule has 0 atom stereocenters. The van der Waals surface area contributed by atoms with Crippen molar-refractivity contribution in [3.05, 3.63) is 52.7 Å². The molecule has 0 bridgehead atoms. The third-order valence-electron chi connectivity index (χ3n) is 3.75. The van der Waals surface area contributed by atoms with E-state index < -0.39 is 0 Å². The molecule has 2 aromatic heterocycles. The number of thiophene rings is 1. The molecule has 1 aromatic carbocycles. The number of carbonyl (C=O) groups excluding carboxylic acids is 1. The van der Waals surface area contributed by atoms with Crippen LogP contribution in [0, 0.1) is 18.3 Å². The summed E-state index contributed by atoms with van der Waals surface area (Å²) in [6.45, 7) is 2.28. The molecule has 0 saturated heterocycles. The van der Waals surface area contributed by atoms with Crippen LogP contribution < -0.4 is 10.1 Å². The summed E-state index contributed by atoms with van der Waals surface area (Å²) in [5.41, 5.74) is 1.52. The molecule has 27 heavy (non-hydrogen) atoms. The summed E-state index contributed by atoms with van der Waals surface area (Å²) in [7, 11) is 1.84. The molecule has 0 aliphatic heterocycles. The molecule has 0 fully saturated rings. The van der Waals surface area contributed by atoms with Crippen molar-refractivity contribution in [1.82, 2.24) is 14.8 Å². The van der Waals surface area contributed by atoms with Gasteiger partial charge in [-0.05, 0) is 30.0 Å². The van der Waals surface area contributed by atoms with Gasteiger partial charge in [0.2, 0.25) is 5.91 Å². The number of para-hydroxylation sites is 1. The highest BCUT2D eigenvalue weighted by atomic mass is 32.2. The molecule has 3 aromatic rings. The van der Waals surface area contributed by atoms with Crippen LogP contribution in [-0.2, 0) is 18.4 Å². The van der Waals surface area contributed by atoms with Crippen molar-refractivity contribution in [3.8, 4) is 11.8 Å². The summed E-state index contributed by atoms with van der Waals surface area (Å²) < 4.78 is 7.60. The molecule has 0 saturated carbocycles. The van der Waals surface area contributed by atoms with Crippen molar-refractivity contribution >= 4 is 34.0 Å². The Bertz CT molecular complexity index is 990. The van der Waals surface area contributed by atoms with Gasteiger partial charge in [-0.1, -0.05) is 30.0 Å². The summed E-state index contributed by atoms with van der Waals surface area (Å²) >= 11 is 2.60. The number of thioether (sulfide) groups is 1. The predicted octanol–water partition coefficient (Wildman–Crippen LogP) is 3.37. The molecule has 138 valence electrons. The number of carbonyl (C=O) groups is 1. The molecule has 2 heterocycles. The number of aromatic nitrogens is 3. The fourth-order valence-electron chi connectivity index (χ4n) is 2.24. The smallest absolute Gasteiger partial charge is 0.235 e. The first-order valence-electron chi connectivity index (χ1n) is 8.05. The van der Waals surface area contributed by atoms with Crippen LogP contribution in [0.2, 0.25) is 0 Å². The lowest BCUT2D eigenvalue weighted by Crippen LogP contribution is -2.14. The first kappa shape index (κ1) is 18.9. The molecule has 0 unspecified atom stereocenters. The minimum absolute atomic E-state index is 0.174.